The Labute approximate surface area is 135 Å². The van der Waals surface area contributed by atoms with Crippen LogP contribution in [0, 0.1) is 5.41 Å². The lowest BCUT2D eigenvalue weighted by atomic mass is 9.78. The van der Waals surface area contributed by atoms with Crippen LogP contribution in [0.5, 0.6) is 0 Å². The maximum absolute atomic E-state index is 12.7. The van der Waals surface area contributed by atoms with Crippen LogP contribution in [0.3, 0.4) is 0 Å². The van der Waals surface area contributed by atoms with Crippen molar-refractivity contribution < 1.29 is 9.53 Å². The van der Waals surface area contributed by atoms with E-state index in [-0.39, 0.29) is 5.91 Å². The average Bonchev–Trinajstić information content (AvgIpc) is 3.11. The number of ether oxygens (including phenoxy) is 1. The molecule has 122 valence electrons. The molecular weight excluding hydrogens is 294 g/mol. The molecule has 0 saturated carbocycles. The molecule has 2 aromatic rings. The van der Waals surface area contributed by atoms with E-state index < -0.39 is 5.41 Å². The lowest BCUT2D eigenvalue weighted by molar-refractivity contribution is -0.130. The van der Waals surface area contributed by atoms with Crippen LogP contribution in [0.2, 0.25) is 0 Å². The summed E-state index contributed by atoms with van der Waals surface area (Å²) >= 11 is 0. The summed E-state index contributed by atoms with van der Waals surface area (Å²) in [4.78, 5) is 17.1. The molecule has 1 aliphatic rings. The van der Waals surface area contributed by atoms with E-state index in [4.69, 9.17) is 4.74 Å². The molecule has 0 bridgehead atoms. The third kappa shape index (κ3) is 3.40. The van der Waals surface area contributed by atoms with E-state index in [9.17, 15) is 4.79 Å². The fourth-order valence-corrected chi connectivity index (χ4v) is 2.88. The highest BCUT2D eigenvalue weighted by atomic mass is 16.5. The molecule has 7 heteroatoms. The molecule has 0 radical (unpaired) electrons. The van der Waals surface area contributed by atoms with E-state index in [0.29, 0.717) is 18.1 Å². The molecule has 3 heterocycles. The van der Waals surface area contributed by atoms with E-state index in [1.54, 1.807) is 24.2 Å². The lowest BCUT2D eigenvalue weighted by Gasteiger charge is -2.35. The van der Waals surface area contributed by atoms with Gasteiger partial charge in [-0.3, -0.25) is 4.79 Å². The number of hydrogen-bond donors (Lipinski definition) is 2. The van der Waals surface area contributed by atoms with E-state index in [1.165, 1.54) is 0 Å². The second kappa shape index (κ2) is 6.89. The summed E-state index contributed by atoms with van der Waals surface area (Å²) in [5.41, 5.74) is 0.209. The minimum absolute atomic E-state index is 0.00510. The van der Waals surface area contributed by atoms with Gasteiger partial charge in [0, 0.05) is 19.5 Å². The number of anilines is 1. The number of rotatable bonds is 5. The Morgan fingerprint density at radius 3 is 2.87 bits per heavy atom. The van der Waals surface area contributed by atoms with Crippen LogP contribution < -0.4 is 10.6 Å². The number of amides is 1. The van der Waals surface area contributed by atoms with Crippen molar-refractivity contribution in [1.29, 1.82) is 0 Å². The highest BCUT2D eigenvalue weighted by Crippen LogP contribution is 2.30. The van der Waals surface area contributed by atoms with Gasteiger partial charge in [-0.1, -0.05) is 0 Å². The van der Waals surface area contributed by atoms with Crippen LogP contribution in [0.1, 0.15) is 12.8 Å². The van der Waals surface area contributed by atoms with Gasteiger partial charge in [-0.25, -0.2) is 9.67 Å². The van der Waals surface area contributed by atoms with E-state index in [0.717, 1.165) is 25.9 Å². The van der Waals surface area contributed by atoms with Crippen molar-refractivity contribution in [3.05, 3.63) is 36.8 Å². The summed E-state index contributed by atoms with van der Waals surface area (Å²) in [6.45, 7) is 2.08. The number of hydrogen-bond acceptors (Lipinski definition) is 5. The van der Waals surface area contributed by atoms with Crippen LogP contribution in [-0.4, -0.2) is 47.5 Å². The van der Waals surface area contributed by atoms with Crippen molar-refractivity contribution in [3.63, 3.8) is 0 Å². The molecule has 2 N–H and O–H groups in total. The number of piperidine rings is 1. The first kappa shape index (κ1) is 15.6. The number of pyridine rings is 1. The zero-order chi connectivity index (χ0) is 16.1. The van der Waals surface area contributed by atoms with Gasteiger partial charge >= 0.3 is 0 Å². The van der Waals surface area contributed by atoms with Crippen LogP contribution in [0.4, 0.5) is 5.69 Å². The third-order valence-electron chi connectivity index (χ3n) is 4.21. The van der Waals surface area contributed by atoms with Crippen LogP contribution in [-0.2, 0) is 9.53 Å². The Morgan fingerprint density at radius 2 is 2.26 bits per heavy atom. The fourth-order valence-electron chi connectivity index (χ4n) is 2.88. The maximum atomic E-state index is 12.7. The van der Waals surface area contributed by atoms with Crippen molar-refractivity contribution in [3.8, 4) is 5.82 Å². The second-order valence-corrected chi connectivity index (χ2v) is 5.77. The standard InChI is InChI=1S/C16H21N5O2/c1-23-12-16(5-8-17-9-6-16)15(22)20-13-3-4-14(18-11-13)21-10-2-7-19-21/h2-4,7,10-11,17H,5-6,8-9,12H2,1H3,(H,20,22). The van der Waals surface area contributed by atoms with Gasteiger partial charge in [0.2, 0.25) is 5.91 Å². The normalized spacial score (nSPS) is 16.9. The van der Waals surface area contributed by atoms with Crippen molar-refractivity contribution in [2.75, 3.05) is 32.1 Å². The molecule has 0 unspecified atom stereocenters. The number of aromatic nitrogens is 3. The number of nitrogens with one attached hydrogen (secondary N) is 2. The van der Waals surface area contributed by atoms with Crippen molar-refractivity contribution in [2.24, 2.45) is 5.41 Å². The van der Waals surface area contributed by atoms with Gasteiger partial charge in [-0.05, 0) is 44.1 Å². The number of carbonyl (C=O) groups is 1. The Kier molecular flexibility index (Phi) is 4.68. The van der Waals surface area contributed by atoms with Gasteiger partial charge in [-0.2, -0.15) is 5.10 Å². The van der Waals surface area contributed by atoms with Crippen molar-refractivity contribution in [1.82, 2.24) is 20.1 Å². The van der Waals surface area contributed by atoms with Gasteiger partial charge in [-0.15, -0.1) is 0 Å². The summed E-state index contributed by atoms with van der Waals surface area (Å²) in [5.74, 6) is 0.705. The summed E-state index contributed by atoms with van der Waals surface area (Å²) in [6, 6.07) is 5.50. The zero-order valence-corrected chi connectivity index (χ0v) is 13.2. The largest absolute Gasteiger partial charge is 0.384 e. The van der Waals surface area contributed by atoms with Crippen molar-refractivity contribution in [2.45, 2.75) is 12.8 Å². The minimum Gasteiger partial charge on any atom is -0.384 e. The predicted octanol–water partition coefficient (Wildman–Crippen LogP) is 1.22. The second-order valence-electron chi connectivity index (χ2n) is 5.77. The first-order valence-electron chi connectivity index (χ1n) is 7.71. The van der Waals surface area contributed by atoms with Crippen LogP contribution in [0.25, 0.3) is 5.82 Å². The molecule has 0 aliphatic carbocycles. The molecule has 0 aromatic carbocycles. The maximum Gasteiger partial charge on any atom is 0.233 e. The molecule has 3 rings (SSSR count). The molecule has 0 atom stereocenters. The Bertz CT molecular complexity index is 627. The summed E-state index contributed by atoms with van der Waals surface area (Å²) in [5, 5.41) is 10.4. The number of carbonyl (C=O) groups excluding carboxylic acids is 1. The quantitative estimate of drug-likeness (QED) is 0.867. The van der Waals surface area contributed by atoms with E-state index in [2.05, 4.69) is 20.7 Å². The highest BCUT2D eigenvalue weighted by Gasteiger charge is 2.39. The lowest BCUT2D eigenvalue weighted by Crippen LogP contribution is -2.47. The minimum atomic E-state index is -0.472. The van der Waals surface area contributed by atoms with Crippen molar-refractivity contribution >= 4 is 11.6 Å². The SMILES string of the molecule is COCC1(C(=O)Nc2ccc(-n3cccn3)nc2)CCNCC1. The molecule has 7 nitrogen and oxygen atoms in total. The number of nitrogens with zero attached hydrogens (tertiary/aromatic N) is 3. The smallest absolute Gasteiger partial charge is 0.233 e. The van der Waals surface area contributed by atoms with E-state index in [1.807, 2.05) is 24.4 Å². The Morgan fingerprint density at radius 1 is 1.43 bits per heavy atom. The predicted molar refractivity (Wildman–Crippen MR) is 86.4 cm³/mol. The molecule has 23 heavy (non-hydrogen) atoms. The zero-order valence-electron chi connectivity index (χ0n) is 13.2. The van der Waals surface area contributed by atoms with Crippen LogP contribution >= 0.6 is 0 Å². The van der Waals surface area contributed by atoms with Crippen LogP contribution in [0.15, 0.2) is 36.8 Å². The van der Waals surface area contributed by atoms with Gasteiger partial charge < -0.3 is 15.4 Å². The molecule has 1 amide bonds. The highest BCUT2D eigenvalue weighted by molar-refractivity contribution is 5.95. The first-order valence-corrected chi connectivity index (χ1v) is 7.71. The summed E-state index contributed by atoms with van der Waals surface area (Å²) < 4.78 is 6.97. The molecule has 1 saturated heterocycles. The van der Waals surface area contributed by atoms with Gasteiger partial charge in [0.15, 0.2) is 5.82 Å². The fraction of sp³-hybridized carbons (Fsp3) is 0.438. The molecular formula is C16H21N5O2. The monoisotopic (exact) mass is 315 g/mol. The molecule has 2 aromatic heterocycles. The third-order valence-corrected chi connectivity index (χ3v) is 4.21. The Hall–Kier alpha value is -2.25. The molecule has 0 spiro atoms. The van der Waals surface area contributed by atoms with Gasteiger partial charge in [0.05, 0.1) is 23.9 Å². The molecule has 1 fully saturated rings. The van der Waals surface area contributed by atoms with Gasteiger partial charge in [0.1, 0.15) is 0 Å². The number of methoxy groups -OCH3 is 1. The Balaban J connectivity index is 1.71. The topological polar surface area (TPSA) is 81.1 Å². The average molecular weight is 315 g/mol. The van der Waals surface area contributed by atoms with E-state index >= 15 is 0 Å². The molecule has 1 aliphatic heterocycles. The summed E-state index contributed by atoms with van der Waals surface area (Å²) in [6.07, 6.45) is 6.71. The summed E-state index contributed by atoms with van der Waals surface area (Å²) in [7, 11) is 1.64. The van der Waals surface area contributed by atoms with Gasteiger partial charge in [0.25, 0.3) is 0 Å². The first-order chi connectivity index (χ1) is 11.2.